The number of carbonyl (C=O) groups is 1. The van der Waals surface area contributed by atoms with Gasteiger partial charge in [0, 0.05) is 31.9 Å². The second-order valence-corrected chi connectivity index (χ2v) is 5.42. The molecule has 1 aromatic carbocycles. The number of benzene rings is 1. The second kappa shape index (κ2) is 5.69. The van der Waals surface area contributed by atoms with Crippen LogP contribution in [0, 0.1) is 5.21 Å². The van der Waals surface area contributed by atoms with Crippen molar-refractivity contribution in [2.24, 2.45) is 0 Å². The van der Waals surface area contributed by atoms with Crippen molar-refractivity contribution >= 4 is 18.3 Å². The molecule has 0 amide bonds. The van der Waals surface area contributed by atoms with Crippen LogP contribution in [0.1, 0.15) is 38.8 Å². The van der Waals surface area contributed by atoms with E-state index >= 15 is 0 Å². The molecular weight excluding hydrogens is 242 g/mol. The molecule has 19 heavy (non-hydrogen) atoms. The molecule has 1 rings (SSSR count). The van der Waals surface area contributed by atoms with Crippen LogP contribution in [0.4, 0.5) is 0 Å². The zero-order chi connectivity index (χ0) is 14.6. The Hall–Kier alpha value is -2.10. The van der Waals surface area contributed by atoms with Crippen molar-refractivity contribution < 1.29 is 14.6 Å². The van der Waals surface area contributed by atoms with Gasteiger partial charge < -0.3 is 10.3 Å². The number of carboxylic acids is 1. The lowest BCUT2D eigenvalue weighted by molar-refractivity contribution is -0.530. The summed E-state index contributed by atoms with van der Waals surface area (Å²) < 4.78 is 0.903. The van der Waals surface area contributed by atoms with E-state index in [1.54, 1.807) is 37.3 Å². The summed E-state index contributed by atoms with van der Waals surface area (Å²) in [5.74, 6) is -0.936. The Labute approximate surface area is 113 Å². The van der Waals surface area contributed by atoms with Gasteiger partial charge in [0.1, 0.15) is 0 Å². The van der Waals surface area contributed by atoms with Gasteiger partial charge in [-0.05, 0) is 30.7 Å². The van der Waals surface area contributed by atoms with E-state index < -0.39 is 11.5 Å². The molecule has 1 aromatic rings. The molecule has 0 saturated heterocycles. The van der Waals surface area contributed by atoms with Gasteiger partial charge in [0.2, 0.25) is 0 Å². The number of aliphatic carboxylic acids is 1. The summed E-state index contributed by atoms with van der Waals surface area (Å²) in [5.41, 5.74) is 1.38. The summed E-state index contributed by atoms with van der Waals surface area (Å²) >= 11 is 0. The van der Waals surface area contributed by atoms with E-state index in [0.717, 1.165) is 15.9 Å². The molecule has 0 atom stereocenters. The van der Waals surface area contributed by atoms with Gasteiger partial charge in [-0.15, -0.1) is 0 Å². The molecule has 0 unspecified atom stereocenters. The third kappa shape index (κ3) is 4.58. The lowest BCUT2D eigenvalue weighted by atomic mass is 10.1. The molecule has 0 aliphatic heterocycles. The largest absolute Gasteiger partial charge is 0.623 e. The number of nitrogens with zero attached hydrogens (tertiary/aromatic N) is 1. The van der Waals surface area contributed by atoms with Gasteiger partial charge in [-0.2, -0.15) is 0 Å². The molecule has 0 fully saturated rings. The van der Waals surface area contributed by atoms with E-state index in [0.29, 0.717) is 0 Å². The Morgan fingerprint density at radius 3 is 2.11 bits per heavy atom. The van der Waals surface area contributed by atoms with Crippen LogP contribution in [0.25, 0.3) is 6.08 Å². The Morgan fingerprint density at radius 1 is 1.21 bits per heavy atom. The SMILES string of the molecule is CC(=Cc1ccc(C=[N+]([O-])C(C)(C)C)cc1)C(=O)O. The Morgan fingerprint density at radius 2 is 1.68 bits per heavy atom. The zero-order valence-corrected chi connectivity index (χ0v) is 11.7. The Kier molecular flexibility index (Phi) is 4.48. The van der Waals surface area contributed by atoms with E-state index in [1.165, 1.54) is 6.21 Å². The average molecular weight is 261 g/mol. The molecule has 0 bridgehead atoms. The third-order valence-electron chi connectivity index (χ3n) is 2.58. The normalized spacial score (nSPS) is 13.5. The molecule has 0 spiro atoms. The fourth-order valence-electron chi connectivity index (χ4n) is 1.32. The molecule has 0 radical (unpaired) electrons. The summed E-state index contributed by atoms with van der Waals surface area (Å²) in [5, 5.41) is 20.5. The summed E-state index contributed by atoms with van der Waals surface area (Å²) in [6.07, 6.45) is 3.11. The first kappa shape index (κ1) is 15.0. The first-order chi connectivity index (χ1) is 8.70. The van der Waals surface area contributed by atoms with Gasteiger partial charge in [-0.25, -0.2) is 9.53 Å². The average Bonchev–Trinajstić information content (AvgIpc) is 2.30. The quantitative estimate of drug-likeness (QED) is 0.299. The third-order valence-corrected chi connectivity index (χ3v) is 2.58. The molecule has 0 heterocycles. The van der Waals surface area contributed by atoms with Crippen molar-refractivity contribution in [2.75, 3.05) is 0 Å². The maximum Gasteiger partial charge on any atom is 0.331 e. The number of carboxylic acid groups (broad SMARTS) is 1. The molecule has 0 saturated carbocycles. The number of hydrogen-bond donors (Lipinski definition) is 1. The topological polar surface area (TPSA) is 63.4 Å². The lowest BCUT2D eigenvalue weighted by Crippen LogP contribution is -2.29. The highest BCUT2D eigenvalue weighted by Crippen LogP contribution is 2.10. The minimum absolute atomic E-state index is 0.275. The van der Waals surface area contributed by atoms with Crippen molar-refractivity contribution in [1.82, 2.24) is 0 Å². The van der Waals surface area contributed by atoms with Crippen LogP contribution >= 0.6 is 0 Å². The molecule has 0 aliphatic rings. The molecule has 4 nitrogen and oxygen atoms in total. The van der Waals surface area contributed by atoms with Crippen LogP contribution in [0.5, 0.6) is 0 Å². The lowest BCUT2D eigenvalue weighted by Gasteiger charge is -2.18. The van der Waals surface area contributed by atoms with E-state index in [9.17, 15) is 10.0 Å². The highest BCUT2D eigenvalue weighted by atomic mass is 16.5. The van der Waals surface area contributed by atoms with Gasteiger partial charge >= 0.3 is 5.97 Å². The number of rotatable bonds is 3. The molecule has 0 aromatic heterocycles. The second-order valence-electron chi connectivity index (χ2n) is 5.42. The number of hydroxylamine groups is 1. The predicted molar refractivity (Wildman–Crippen MR) is 76.3 cm³/mol. The fourth-order valence-corrected chi connectivity index (χ4v) is 1.32. The number of hydrogen-bond acceptors (Lipinski definition) is 2. The standard InChI is InChI=1S/C15H19NO3/c1-11(14(17)18)9-12-5-7-13(8-6-12)10-16(19)15(2,3)4/h5-10H,1-4H3,(H,17,18). The van der Waals surface area contributed by atoms with Gasteiger partial charge in [0.05, 0.1) is 0 Å². The van der Waals surface area contributed by atoms with Gasteiger partial charge in [0.15, 0.2) is 11.8 Å². The van der Waals surface area contributed by atoms with Crippen molar-refractivity contribution in [3.8, 4) is 0 Å². The van der Waals surface area contributed by atoms with Gasteiger partial charge in [0.25, 0.3) is 0 Å². The van der Waals surface area contributed by atoms with Crippen LogP contribution < -0.4 is 0 Å². The Balaban J connectivity index is 2.95. The first-order valence-corrected chi connectivity index (χ1v) is 6.03. The zero-order valence-electron chi connectivity index (χ0n) is 11.7. The molecule has 0 aliphatic carbocycles. The van der Waals surface area contributed by atoms with Crippen molar-refractivity contribution in [3.63, 3.8) is 0 Å². The minimum atomic E-state index is -0.936. The maximum absolute atomic E-state index is 11.8. The molecule has 1 N–H and O–H groups in total. The van der Waals surface area contributed by atoms with E-state index in [1.807, 2.05) is 20.8 Å². The highest BCUT2D eigenvalue weighted by Gasteiger charge is 2.17. The van der Waals surface area contributed by atoms with Crippen molar-refractivity contribution in [3.05, 3.63) is 46.2 Å². The van der Waals surface area contributed by atoms with Crippen molar-refractivity contribution in [1.29, 1.82) is 0 Å². The van der Waals surface area contributed by atoms with E-state index in [2.05, 4.69) is 0 Å². The summed E-state index contributed by atoms with van der Waals surface area (Å²) in [6.45, 7) is 7.05. The van der Waals surface area contributed by atoms with E-state index in [4.69, 9.17) is 5.11 Å². The van der Waals surface area contributed by atoms with Crippen LogP contribution in [0.15, 0.2) is 29.8 Å². The van der Waals surface area contributed by atoms with E-state index in [-0.39, 0.29) is 5.57 Å². The van der Waals surface area contributed by atoms with Crippen LogP contribution in [0.3, 0.4) is 0 Å². The van der Waals surface area contributed by atoms with Crippen LogP contribution in [-0.2, 0) is 4.79 Å². The summed E-state index contributed by atoms with van der Waals surface area (Å²) in [7, 11) is 0. The van der Waals surface area contributed by atoms with Crippen molar-refractivity contribution in [2.45, 2.75) is 33.2 Å². The highest BCUT2D eigenvalue weighted by molar-refractivity contribution is 5.91. The molecule has 102 valence electrons. The minimum Gasteiger partial charge on any atom is -0.623 e. The van der Waals surface area contributed by atoms with Gasteiger partial charge in [-0.1, -0.05) is 12.1 Å². The predicted octanol–water partition coefficient (Wildman–Crippen LogP) is 2.90. The first-order valence-electron chi connectivity index (χ1n) is 6.03. The van der Waals surface area contributed by atoms with Gasteiger partial charge in [-0.3, -0.25) is 0 Å². The monoisotopic (exact) mass is 261 g/mol. The maximum atomic E-state index is 11.8. The molecular formula is C15H19NO3. The smallest absolute Gasteiger partial charge is 0.331 e. The van der Waals surface area contributed by atoms with Crippen LogP contribution in [0.2, 0.25) is 0 Å². The summed E-state index contributed by atoms with van der Waals surface area (Å²) in [4.78, 5) is 10.7. The fraction of sp³-hybridized carbons (Fsp3) is 0.333. The Bertz CT molecular complexity index is 519. The van der Waals surface area contributed by atoms with Crippen LogP contribution in [-0.4, -0.2) is 27.6 Å². The molecule has 4 heteroatoms. The summed E-state index contributed by atoms with van der Waals surface area (Å²) in [6, 6.07) is 7.15.